The van der Waals surface area contributed by atoms with Crippen LogP contribution in [0.25, 0.3) is 10.3 Å². The van der Waals surface area contributed by atoms with Crippen LogP contribution in [0.4, 0.5) is 0 Å². The molecule has 2 nitrogen and oxygen atoms in total. The van der Waals surface area contributed by atoms with Crippen LogP contribution in [-0.4, -0.2) is 9.97 Å². The van der Waals surface area contributed by atoms with Gasteiger partial charge in [0.05, 0.1) is 5.01 Å². The number of thiazole rings is 1. The molecule has 0 aliphatic rings. The number of fused-ring (bicyclic) bond motifs is 1. The summed E-state index contributed by atoms with van der Waals surface area (Å²) >= 11 is 1.63. The van der Waals surface area contributed by atoms with Gasteiger partial charge >= 0.3 is 0 Å². The van der Waals surface area contributed by atoms with Crippen LogP contribution >= 0.6 is 11.3 Å². The van der Waals surface area contributed by atoms with Gasteiger partial charge in [0.15, 0.2) is 0 Å². The Labute approximate surface area is 96.4 Å². The average molecular weight is 224 g/mol. The Morgan fingerprint density at radius 3 is 2.40 bits per heavy atom. The van der Waals surface area contributed by atoms with Gasteiger partial charge in [-0.3, -0.25) is 0 Å². The molecule has 2 heterocycles. The van der Waals surface area contributed by atoms with Gasteiger partial charge < -0.3 is 0 Å². The third kappa shape index (κ3) is 4.88. The van der Waals surface area contributed by atoms with Crippen LogP contribution in [0.1, 0.15) is 39.1 Å². The predicted molar refractivity (Wildman–Crippen MR) is 69.5 cm³/mol. The van der Waals surface area contributed by atoms with Gasteiger partial charge in [0, 0.05) is 6.20 Å². The monoisotopic (exact) mass is 224 g/mol. The van der Waals surface area contributed by atoms with Crippen molar-refractivity contribution in [2.45, 2.75) is 41.0 Å². The van der Waals surface area contributed by atoms with Gasteiger partial charge in [0.25, 0.3) is 0 Å². The normalized spacial score (nSPS) is 8.60. The van der Waals surface area contributed by atoms with Crippen LogP contribution < -0.4 is 0 Å². The standard InChI is InChI=1S/C7H6N2S.C3H8.C2H6/c1-5-9-6-3-2-4-8-7(6)10-5;1-3-2;1-2/h2-4H,1H3;3H2,1-2H3;1-2H3. The van der Waals surface area contributed by atoms with Gasteiger partial charge in [-0.05, 0) is 19.1 Å². The Bertz CT molecular complexity index is 335. The third-order valence-corrected chi connectivity index (χ3v) is 2.17. The summed E-state index contributed by atoms with van der Waals surface area (Å²) in [6, 6.07) is 3.88. The molecule has 0 aromatic carbocycles. The van der Waals surface area contributed by atoms with Crippen molar-refractivity contribution in [3.63, 3.8) is 0 Å². The summed E-state index contributed by atoms with van der Waals surface area (Å²) in [7, 11) is 0. The Morgan fingerprint density at radius 1 is 1.27 bits per heavy atom. The Hall–Kier alpha value is -0.960. The topological polar surface area (TPSA) is 25.8 Å². The predicted octanol–water partition coefficient (Wildman–Crippen LogP) is 4.44. The highest BCUT2D eigenvalue weighted by molar-refractivity contribution is 7.18. The molecule has 0 unspecified atom stereocenters. The number of pyridine rings is 1. The van der Waals surface area contributed by atoms with Crippen molar-refractivity contribution in [2.75, 3.05) is 0 Å². The van der Waals surface area contributed by atoms with Crippen molar-refractivity contribution in [1.82, 2.24) is 9.97 Å². The van der Waals surface area contributed by atoms with Crippen LogP contribution in [0.2, 0.25) is 0 Å². The molecule has 0 amide bonds. The van der Waals surface area contributed by atoms with E-state index < -0.39 is 0 Å². The highest BCUT2D eigenvalue weighted by Crippen LogP contribution is 2.17. The van der Waals surface area contributed by atoms with Gasteiger partial charge in [-0.25, -0.2) is 9.97 Å². The highest BCUT2D eigenvalue weighted by atomic mass is 32.1. The van der Waals surface area contributed by atoms with Gasteiger partial charge in [0.2, 0.25) is 0 Å². The second-order valence-electron chi connectivity index (χ2n) is 2.77. The first-order valence-electron chi connectivity index (χ1n) is 5.46. The molecule has 0 N–H and O–H groups in total. The van der Waals surface area contributed by atoms with E-state index in [-0.39, 0.29) is 0 Å². The van der Waals surface area contributed by atoms with Crippen LogP contribution in [-0.2, 0) is 0 Å². The first kappa shape index (κ1) is 14.0. The molecule has 0 saturated carbocycles. The molecule has 2 rings (SSSR count). The van der Waals surface area contributed by atoms with E-state index in [0.717, 1.165) is 15.4 Å². The SMILES string of the molecule is CC.CCC.Cc1nc2cccnc2s1. The third-order valence-electron chi connectivity index (χ3n) is 1.27. The van der Waals surface area contributed by atoms with Crippen LogP contribution in [0.15, 0.2) is 18.3 Å². The van der Waals surface area contributed by atoms with Crippen LogP contribution in [0, 0.1) is 6.92 Å². The fraction of sp³-hybridized carbons (Fsp3) is 0.500. The highest BCUT2D eigenvalue weighted by Gasteiger charge is 1.97. The second-order valence-corrected chi connectivity index (χ2v) is 3.95. The van der Waals surface area contributed by atoms with E-state index in [0.29, 0.717) is 0 Å². The van der Waals surface area contributed by atoms with Crippen molar-refractivity contribution in [3.8, 4) is 0 Å². The number of aryl methyl sites for hydroxylation is 1. The lowest BCUT2D eigenvalue weighted by Gasteiger charge is -1.80. The van der Waals surface area contributed by atoms with E-state index in [2.05, 4.69) is 23.8 Å². The molecule has 0 radical (unpaired) electrons. The van der Waals surface area contributed by atoms with Crippen molar-refractivity contribution in [2.24, 2.45) is 0 Å². The molecule has 0 saturated heterocycles. The minimum absolute atomic E-state index is 1.00. The minimum Gasteiger partial charge on any atom is -0.244 e. The summed E-state index contributed by atoms with van der Waals surface area (Å²) in [5.74, 6) is 0. The first-order chi connectivity index (χ1) is 7.27. The van der Waals surface area contributed by atoms with E-state index in [1.165, 1.54) is 6.42 Å². The summed E-state index contributed by atoms with van der Waals surface area (Å²) < 4.78 is 0. The van der Waals surface area contributed by atoms with E-state index in [1.54, 1.807) is 17.5 Å². The zero-order valence-electron chi connectivity index (χ0n) is 10.2. The Balaban J connectivity index is 0.000000342. The molecule has 0 spiro atoms. The lowest BCUT2D eigenvalue weighted by molar-refractivity contribution is 1.09. The number of hydrogen-bond acceptors (Lipinski definition) is 3. The maximum absolute atomic E-state index is 4.27. The number of nitrogens with zero attached hydrogens (tertiary/aromatic N) is 2. The molecule has 2 aromatic heterocycles. The zero-order chi connectivity index (χ0) is 11.7. The van der Waals surface area contributed by atoms with Gasteiger partial charge in [-0.15, -0.1) is 0 Å². The molecule has 84 valence electrons. The number of hydrogen-bond donors (Lipinski definition) is 0. The fourth-order valence-electron chi connectivity index (χ4n) is 0.878. The van der Waals surface area contributed by atoms with Crippen molar-refractivity contribution in [3.05, 3.63) is 23.3 Å². The van der Waals surface area contributed by atoms with E-state index in [4.69, 9.17) is 0 Å². The molecule has 0 aliphatic carbocycles. The summed E-state index contributed by atoms with van der Waals surface area (Å²) in [5.41, 5.74) is 1.00. The van der Waals surface area contributed by atoms with Crippen molar-refractivity contribution in [1.29, 1.82) is 0 Å². The van der Waals surface area contributed by atoms with E-state index in [9.17, 15) is 0 Å². The van der Waals surface area contributed by atoms with E-state index >= 15 is 0 Å². The molecule has 0 atom stereocenters. The number of aromatic nitrogens is 2. The minimum atomic E-state index is 1.00. The molecule has 0 bridgehead atoms. The molecule has 3 heteroatoms. The van der Waals surface area contributed by atoms with Gasteiger partial charge in [-0.2, -0.15) is 0 Å². The van der Waals surface area contributed by atoms with E-state index in [1.807, 2.05) is 32.9 Å². The molecular weight excluding hydrogens is 204 g/mol. The molecule has 2 aromatic rings. The molecular formula is C12H20N2S. The maximum atomic E-state index is 4.27. The Morgan fingerprint density at radius 2 is 1.87 bits per heavy atom. The van der Waals surface area contributed by atoms with Crippen molar-refractivity contribution >= 4 is 21.7 Å². The van der Waals surface area contributed by atoms with Crippen LogP contribution in [0.5, 0.6) is 0 Å². The summed E-state index contributed by atoms with van der Waals surface area (Å²) in [6.07, 6.45) is 3.04. The summed E-state index contributed by atoms with van der Waals surface area (Å²) in [4.78, 5) is 9.46. The Kier molecular flexibility index (Phi) is 7.82. The quantitative estimate of drug-likeness (QED) is 0.661. The van der Waals surface area contributed by atoms with Gasteiger partial charge in [-0.1, -0.05) is 45.5 Å². The van der Waals surface area contributed by atoms with Crippen molar-refractivity contribution < 1.29 is 0 Å². The first-order valence-corrected chi connectivity index (χ1v) is 6.27. The average Bonchev–Trinajstić information content (AvgIpc) is 2.62. The molecule has 15 heavy (non-hydrogen) atoms. The lowest BCUT2D eigenvalue weighted by Crippen LogP contribution is -1.69. The fourth-order valence-corrected chi connectivity index (χ4v) is 1.63. The molecule has 0 fully saturated rings. The number of rotatable bonds is 0. The zero-order valence-corrected chi connectivity index (χ0v) is 11.1. The summed E-state index contributed by atoms with van der Waals surface area (Å²) in [5, 5.41) is 1.08. The smallest absolute Gasteiger partial charge is 0.143 e. The molecule has 0 aliphatic heterocycles. The lowest BCUT2D eigenvalue weighted by atomic mass is 10.5. The summed E-state index contributed by atoms with van der Waals surface area (Å²) in [6.45, 7) is 10.2. The maximum Gasteiger partial charge on any atom is 0.143 e. The largest absolute Gasteiger partial charge is 0.244 e. The van der Waals surface area contributed by atoms with Crippen LogP contribution in [0.3, 0.4) is 0 Å². The van der Waals surface area contributed by atoms with Gasteiger partial charge in [0.1, 0.15) is 10.3 Å². The second kappa shape index (κ2) is 8.36.